The summed E-state index contributed by atoms with van der Waals surface area (Å²) in [7, 11) is 0. The average molecular weight is 406 g/mol. The van der Waals surface area contributed by atoms with Gasteiger partial charge in [0.1, 0.15) is 12.7 Å². The van der Waals surface area contributed by atoms with Crippen molar-refractivity contribution in [1.29, 1.82) is 0 Å². The van der Waals surface area contributed by atoms with Crippen LogP contribution in [0.25, 0.3) is 0 Å². The standard InChI is InChI=1S/C20H24ClN3O4/c1-15-6-7-16(21)12-19(15)23-10-8-22(9-11-23)13-17(25)14-28-20-5-3-2-4-18(20)24(26)27/h2-7,12,17,25H,8-11,13-14H2,1H3. The van der Waals surface area contributed by atoms with Gasteiger partial charge in [-0.1, -0.05) is 29.8 Å². The Balaban J connectivity index is 1.48. The largest absolute Gasteiger partial charge is 0.484 e. The van der Waals surface area contributed by atoms with Gasteiger partial charge in [0, 0.05) is 49.5 Å². The third kappa shape index (κ3) is 5.13. The highest BCUT2D eigenvalue weighted by molar-refractivity contribution is 6.30. The maximum Gasteiger partial charge on any atom is 0.310 e. The molecule has 3 rings (SSSR count). The van der Waals surface area contributed by atoms with Crippen LogP contribution in [-0.2, 0) is 0 Å². The van der Waals surface area contributed by atoms with Gasteiger partial charge in [0.15, 0.2) is 5.75 Å². The molecule has 1 fully saturated rings. The van der Waals surface area contributed by atoms with E-state index in [2.05, 4.69) is 16.7 Å². The Kier molecular flexibility index (Phi) is 6.72. The van der Waals surface area contributed by atoms with Gasteiger partial charge in [-0.05, 0) is 30.7 Å². The van der Waals surface area contributed by atoms with Crippen LogP contribution in [0.15, 0.2) is 42.5 Å². The molecule has 2 aromatic carbocycles. The molecular weight excluding hydrogens is 382 g/mol. The van der Waals surface area contributed by atoms with Crippen LogP contribution in [0.5, 0.6) is 5.75 Å². The lowest BCUT2D eigenvalue weighted by Crippen LogP contribution is -2.49. The van der Waals surface area contributed by atoms with E-state index in [1.807, 2.05) is 18.2 Å². The molecule has 7 nitrogen and oxygen atoms in total. The molecule has 1 aliphatic rings. The Labute approximate surface area is 169 Å². The number of nitrogens with zero attached hydrogens (tertiary/aromatic N) is 3. The third-order valence-corrected chi connectivity index (χ3v) is 5.08. The van der Waals surface area contributed by atoms with Crippen LogP contribution in [0.3, 0.4) is 0 Å². The minimum Gasteiger partial charge on any atom is -0.484 e. The number of para-hydroxylation sites is 2. The summed E-state index contributed by atoms with van der Waals surface area (Å²) in [4.78, 5) is 15.0. The van der Waals surface area contributed by atoms with Gasteiger partial charge in [0.2, 0.25) is 0 Å². The average Bonchev–Trinajstić information content (AvgIpc) is 2.69. The SMILES string of the molecule is Cc1ccc(Cl)cc1N1CCN(CC(O)COc2ccccc2[N+](=O)[O-])CC1. The Bertz CT molecular complexity index is 825. The van der Waals surface area contributed by atoms with Gasteiger partial charge in [-0.15, -0.1) is 0 Å². The molecule has 0 saturated carbocycles. The molecule has 0 spiro atoms. The molecular formula is C20H24ClN3O4. The minimum absolute atomic E-state index is 0.0124. The van der Waals surface area contributed by atoms with E-state index >= 15 is 0 Å². The lowest BCUT2D eigenvalue weighted by molar-refractivity contribution is -0.385. The molecule has 0 aliphatic carbocycles. The molecule has 0 amide bonds. The van der Waals surface area contributed by atoms with Crippen LogP contribution in [-0.4, -0.2) is 60.4 Å². The van der Waals surface area contributed by atoms with E-state index in [-0.39, 0.29) is 18.0 Å². The normalized spacial score (nSPS) is 16.0. The van der Waals surface area contributed by atoms with Gasteiger partial charge in [-0.2, -0.15) is 0 Å². The van der Waals surface area contributed by atoms with Gasteiger partial charge in [-0.25, -0.2) is 0 Å². The first-order valence-corrected chi connectivity index (χ1v) is 9.59. The molecule has 1 saturated heterocycles. The Hall–Kier alpha value is -2.35. The number of hydrogen-bond donors (Lipinski definition) is 1. The van der Waals surface area contributed by atoms with E-state index < -0.39 is 11.0 Å². The Morgan fingerprint density at radius 3 is 2.64 bits per heavy atom. The summed E-state index contributed by atoms with van der Waals surface area (Å²) < 4.78 is 5.48. The van der Waals surface area contributed by atoms with Crippen LogP contribution in [0.2, 0.25) is 5.02 Å². The van der Waals surface area contributed by atoms with Crippen molar-refractivity contribution in [3.63, 3.8) is 0 Å². The van der Waals surface area contributed by atoms with E-state index in [1.54, 1.807) is 12.1 Å². The number of halogens is 1. The summed E-state index contributed by atoms with van der Waals surface area (Å²) in [5.41, 5.74) is 2.24. The molecule has 28 heavy (non-hydrogen) atoms. The summed E-state index contributed by atoms with van der Waals surface area (Å²) >= 11 is 6.12. The molecule has 2 aromatic rings. The number of anilines is 1. The first-order chi connectivity index (χ1) is 13.4. The van der Waals surface area contributed by atoms with Crippen LogP contribution >= 0.6 is 11.6 Å². The minimum atomic E-state index is -0.723. The molecule has 1 N–H and O–H groups in total. The van der Waals surface area contributed by atoms with Crippen molar-refractivity contribution in [1.82, 2.24) is 4.90 Å². The van der Waals surface area contributed by atoms with E-state index in [1.165, 1.54) is 17.7 Å². The van der Waals surface area contributed by atoms with E-state index in [9.17, 15) is 15.2 Å². The summed E-state index contributed by atoms with van der Waals surface area (Å²) in [6.07, 6.45) is -0.723. The quantitative estimate of drug-likeness (QED) is 0.563. The molecule has 1 heterocycles. The second-order valence-corrected chi connectivity index (χ2v) is 7.34. The van der Waals surface area contributed by atoms with E-state index in [0.717, 1.165) is 36.9 Å². The van der Waals surface area contributed by atoms with Crippen molar-refractivity contribution in [2.24, 2.45) is 0 Å². The molecule has 1 aliphatic heterocycles. The molecule has 1 unspecified atom stereocenters. The van der Waals surface area contributed by atoms with E-state index in [0.29, 0.717) is 6.54 Å². The first-order valence-electron chi connectivity index (χ1n) is 9.22. The van der Waals surface area contributed by atoms with Crippen molar-refractivity contribution in [2.45, 2.75) is 13.0 Å². The maximum atomic E-state index is 11.0. The molecule has 8 heteroatoms. The summed E-state index contributed by atoms with van der Waals surface area (Å²) in [5.74, 6) is 0.174. The van der Waals surface area contributed by atoms with Gasteiger partial charge in [0.25, 0.3) is 0 Å². The Morgan fingerprint density at radius 2 is 1.93 bits per heavy atom. The molecule has 1 atom stereocenters. The van der Waals surface area contributed by atoms with Crippen LogP contribution < -0.4 is 9.64 Å². The van der Waals surface area contributed by atoms with Gasteiger partial charge < -0.3 is 14.7 Å². The third-order valence-electron chi connectivity index (χ3n) is 4.85. The molecule has 0 bridgehead atoms. The zero-order valence-electron chi connectivity index (χ0n) is 15.8. The number of rotatable bonds is 7. The number of ether oxygens (including phenoxy) is 1. The second kappa shape index (κ2) is 9.23. The van der Waals surface area contributed by atoms with Crippen LogP contribution in [0, 0.1) is 17.0 Å². The van der Waals surface area contributed by atoms with Gasteiger partial charge in [0.05, 0.1) is 4.92 Å². The fourth-order valence-corrected chi connectivity index (χ4v) is 3.53. The number of hydrogen-bond acceptors (Lipinski definition) is 6. The number of aliphatic hydroxyl groups excluding tert-OH is 1. The fourth-order valence-electron chi connectivity index (χ4n) is 3.36. The predicted octanol–water partition coefficient (Wildman–Crippen LogP) is 3.12. The fraction of sp³-hybridized carbons (Fsp3) is 0.400. The zero-order chi connectivity index (χ0) is 20.1. The van der Waals surface area contributed by atoms with E-state index in [4.69, 9.17) is 16.3 Å². The van der Waals surface area contributed by atoms with Crippen LogP contribution in [0.4, 0.5) is 11.4 Å². The second-order valence-electron chi connectivity index (χ2n) is 6.91. The number of nitro benzene ring substituents is 1. The highest BCUT2D eigenvalue weighted by Gasteiger charge is 2.22. The number of nitro groups is 1. The van der Waals surface area contributed by atoms with Crippen LogP contribution in [0.1, 0.15) is 5.56 Å². The number of piperazine rings is 1. The first kappa shape index (κ1) is 20.4. The number of aryl methyl sites for hydroxylation is 1. The highest BCUT2D eigenvalue weighted by Crippen LogP contribution is 2.27. The van der Waals surface area contributed by atoms with Crippen molar-refractivity contribution in [3.8, 4) is 5.75 Å². The molecule has 150 valence electrons. The lowest BCUT2D eigenvalue weighted by Gasteiger charge is -2.37. The van der Waals surface area contributed by atoms with Crippen molar-refractivity contribution >= 4 is 23.0 Å². The van der Waals surface area contributed by atoms with Gasteiger partial charge >= 0.3 is 5.69 Å². The van der Waals surface area contributed by atoms with Crippen molar-refractivity contribution in [3.05, 3.63) is 63.2 Å². The molecule has 0 aromatic heterocycles. The number of β-amino-alcohol motifs (C(OH)–C–C–N with tert-alkyl or cyclic N) is 1. The Morgan fingerprint density at radius 1 is 1.21 bits per heavy atom. The van der Waals surface area contributed by atoms with Crippen molar-refractivity contribution in [2.75, 3.05) is 44.2 Å². The topological polar surface area (TPSA) is 79.1 Å². The number of aliphatic hydroxyl groups is 1. The summed E-state index contributed by atoms with van der Waals surface area (Å²) in [6, 6.07) is 12.1. The number of benzene rings is 2. The lowest BCUT2D eigenvalue weighted by atomic mass is 10.1. The van der Waals surface area contributed by atoms with Gasteiger partial charge in [-0.3, -0.25) is 15.0 Å². The molecule has 0 radical (unpaired) electrons. The monoisotopic (exact) mass is 405 g/mol. The maximum absolute atomic E-state index is 11.0. The summed E-state index contributed by atoms with van der Waals surface area (Å²) in [5, 5.41) is 22.0. The predicted molar refractivity (Wildman–Crippen MR) is 109 cm³/mol. The van der Waals surface area contributed by atoms with Crippen molar-refractivity contribution < 1.29 is 14.8 Å². The smallest absolute Gasteiger partial charge is 0.310 e. The zero-order valence-corrected chi connectivity index (χ0v) is 16.5. The summed E-state index contributed by atoms with van der Waals surface area (Å²) in [6.45, 7) is 5.87. The highest BCUT2D eigenvalue weighted by atomic mass is 35.5.